The number of nitrogens with zero attached hydrogens (tertiary/aromatic N) is 2. The van der Waals surface area contributed by atoms with Crippen LogP contribution in [0.3, 0.4) is 0 Å². The van der Waals surface area contributed by atoms with Crippen molar-refractivity contribution in [3.63, 3.8) is 0 Å². The van der Waals surface area contributed by atoms with Gasteiger partial charge in [0.1, 0.15) is 5.82 Å². The molecule has 1 heterocycles. The van der Waals surface area contributed by atoms with Gasteiger partial charge in [-0.1, -0.05) is 22.0 Å². The molecule has 10 heteroatoms. The third-order valence-corrected chi connectivity index (χ3v) is 6.67. The third kappa shape index (κ3) is 4.27. The Kier molecular flexibility index (Phi) is 5.51. The Morgan fingerprint density at radius 2 is 1.63 bits per heavy atom. The van der Waals surface area contributed by atoms with Crippen molar-refractivity contribution in [2.45, 2.75) is 11.1 Å². The molecule has 2 aromatic rings. The summed E-state index contributed by atoms with van der Waals surface area (Å²) in [6.07, 6.45) is -4.70. The Bertz CT molecular complexity index is 942. The van der Waals surface area contributed by atoms with Crippen molar-refractivity contribution < 1.29 is 26.0 Å². The van der Waals surface area contributed by atoms with Crippen LogP contribution in [0.25, 0.3) is 0 Å². The molecule has 146 valence electrons. The van der Waals surface area contributed by atoms with Crippen LogP contribution in [0.1, 0.15) is 5.56 Å². The molecule has 0 N–H and O–H groups in total. The molecular formula is C17H15BrF4N2O2S. The van der Waals surface area contributed by atoms with E-state index < -0.39 is 27.6 Å². The summed E-state index contributed by atoms with van der Waals surface area (Å²) in [6, 6.07) is 8.74. The Hall–Kier alpha value is -1.65. The van der Waals surface area contributed by atoms with Crippen molar-refractivity contribution in [2.24, 2.45) is 0 Å². The predicted molar refractivity (Wildman–Crippen MR) is 96.5 cm³/mol. The van der Waals surface area contributed by atoms with Gasteiger partial charge in [0, 0.05) is 36.3 Å². The maximum Gasteiger partial charge on any atom is 0.418 e. The smallest absolute Gasteiger partial charge is 0.368 e. The van der Waals surface area contributed by atoms with Crippen LogP contribution in [0.5, 0.6) is 0 Å². The van der Waals surface area contributed by atoms with Gasteiger partial charge in [0.25, 0.3) is 0 Å². The van der Waals surface area contributed by atoms with Crippen molar-refractivity contribution in [1.82, 2.24) is 4.31 Å². The highest BCUT2D eigenvalue weighted by Crippen LogP contribution is 2.37. The Balaban J connectivity index is 1.80. The zero-order valence-corrected chi connectivity index (χ0v) is 16.3. The third-order valence-electron chi connectivity index (χ3n) is 4.28. The van der Waals surface area contributed by atoms with Gasteiger partial charge < -0.3 is 4.90 Å². The zero-order chi connectivity index (χ0) is 19.8. The standard InChI is InChI=1S/C17H15BrF4N2O2S/c18-12-2-1-3-14(10-12)27(25,26)24-8-6-23(7-9-24)16-5-4-13(19)11-15(16)17(20,21)22/h1-5,10-11H,6-9H2. The number of alkyl halides is 3. The van der Waals surface area contributed by atoms with Crippen LogP contribution in [0.2, 0.25) is 0 Å². The van der Waals surface area contributed by atoms with Crippen molar-refractivity contribution in [2.75, 3.05) is 31.1 Å². The lowest BCUT2D eigenvalue weighted by atomic mass is 10.1. The molecule has 27 heavy (non-hydrogen) atoms. The Morgan fingerprint density at radius 3 is 2.22 bits per heavy atom. The fraction of sp³-hybridized carbons (Fsp3) is 0.294. The largest absolute Gasteiger partial charge is 0.418 e. The number of halogens is 5. The van der Waals surface area contributed by atoms with E-state index in [0.29, 0.717) is 10.5 Å². The monoisotopic (exact) mass is 466 g/mol. The van der Waals surface area contributed by atoms with Crippen LogP contribution < -0.4 is 4.90 Å². The zero-order valence-electron chi connectivity index (χ0n) is 13.9. The van der Waals surface area contributed by atoms with Gasteiger partial charge in [0.15, 0.2) is 0 Å². The van der Waals surface area contributed by atoms with Crippen LogP contribution in [-0.2, 0) is 16.2 Å². The summed E-state index contributed by atoms with van der Waals surface area (Å²) in [6.45, 7) is 0.205. The number of piperazine rings is 1. The molecule has 1 fully saturated rings. The van der Waals surface area contributed by atoms with E-state index in [9.17, 15) is 26.0 Å². The summed E-state index contributed by atoms with van der Waals surface area (Å²) in [5, 5.41) is 0. The van der Waals surface area contributed by atoms with E-state index in [2.05, 4.69) is 15.9 Å². The fourth-order valence-electron chi connectivity index (χ4n) is 2.96. The molecule has 0 aromatic heterocycles. The van der Waals surface area contributed by atoms with Gasteiger partial charge >= 0.3 is 6.18 Å². The first-order valence-corrected chi connectivity index (χ1v) is 10.2. The van der Waals surface area contributed by atoms with E-state index >= 15 is 0 Å². The minimum atomic E-state index is -4.70. The number of hydrogen-bond acceptors (Lipinski definition) is 3. The average Bonchev–Trinajstić information content (AvgIpc) is 2.61. The molecule has 0 amide bonds. The van der Waals surface area contributed by atoms with Crippen LogP contribution in [0.4, 0.5) is 23.2 Å². The second-order valence-electron chi connectivity index (χ2n) is 6.01. The molecule has 0 spiro atoms. The van der Waals surface area contributed by atoms with E-state index in [-0.39, 0.29) is 36.8 Å². The highest BCUT2D eigenvalue weighted by molar-refractivity contribution is 9.10. The average molecular weight is 467 g/mol. The van der Waals surface area contributed by atoms with E-state index in [4.69, 9.17) is 0 Å². The molecule has 2 aromatic carbocycles. The van der Waals surface area contributed by atoms with Gasteiger partial charge in [-0.15, -0.1) is 0 Å². The molecule has 3 rings (SSSR count). The van der Waals surface area contributed by atoms with Gasteiger partial charge in [-0.2, -0.15) is 17.5 Å². The molecule has 0 unspecified atom stereocenters. The number of hydrogen-bond donors (Lipinski definition) is 0. The van der Waals surface area contributed by atoms with Crippen molar-refractivity contribution >= 4 is 31.6 Å². The van der Waals surface area contributed by atoms with Gasteiger partial charge in [-0.25, -0.2) is 12.8 Å². The lowest BCUT2D eigenvalue weighted by molar-refractivity contribution is -0.137. The first kappa shape index (κ1) is 20.1. The number of sulfonamides is 1. The second kappa shape index (κ2) is 7.40. The molecule has 0 radical (unpaired) electrons. The van der Waals surface area contributed by atoms with Gasteiger partial charge in [0.2, 0.25) is 10.0 Å². The minimum Gasteiger partial charge on any atom is -0.368 e. The first-order chi connectivity index (χ1) is 12.6. The predicted octanol–water partition coefficient (Wildman–Crippen LogP) is 4.12. The van der Waals surface area contributed by atoms with Crippen LogP contribution in [-0.4, -0.2) is 38.9 Å². The van der Waals surface area contributed by atoms with Crippen molar-refractivity contribution in [3.05, 3.63) is 58.3 Å². The molecule has 0 saturated carbocycles. The Labute approximate surface area is 162 Å². The van der Waals surface area contributed by atoms with Crippen LogP contribution in [0, 0.1) is 5.82 Å². The lowest BCUT2D eigenvalue weighted by Crippen LogP contribution is -2.49. The summed E-state index contributed by atoms with van der Waals surface area (Å²) in [5.74, 6) is -0.970. The molecule has 0 atom stereocenters. The van der Waals surface area contributed by atoms with Gasteiger partial charge in [0.05, 0.1) is 10.5 Å². The van der Waals surface area contributed by atoms with Crippen molar-refractivity contribution in [1.29, 1.82) is 0 Å². The number of anilines is 1. The minimum absolute atomic E-state index is 0.0313. The number of benzene rings is 2. The van der Waals surface area contributed by atoms with Crippen LogP contribution in [0.15, 0.2) is 51.8 Å². The summed E-state index contributed by atoms with van der Waals surface area (Å²) < 4.78 is 80.2. The molecule has 1 saturated heterocycles. The normalized spacial score (nSPS) is 16.6. The summed E-state index contributed by atoms with van der Waals surface area (Å²) in [5.41, 5.74) is -1.21. The quantitative estimate of drug-likeness (QED) is 0.638. The topological polar surface area (TPSA) is 40.6 Å². The Morgan fingerprint density at radius 1 is 0.963 bits per heavy atom. The second-order valence-corrected chi connectivity index (χ2v) is 8.86. The SMILES string of the molecule is O=S(=O)(c1cccc(Br)c1)N1CCN(c2ccc(F)cc2C(F)(F)F)CC1. The maximum atomic E-state index is 13.3. The van der Waals surface area contributed by atoms with Gasteiger partial charge in [-0.3, -0.25) is 0 Å². The highest BCUT2D eigenvalue weighted by atomic mass is 79.9. The lowest BCUT2D eigenvalue weighted by Gasteiger charge is -2.36. The fourth-order valence-corrected chi connectivity index (χ4v) is 4.98. The van der Waals surface area contributed by atoms with E-state index in [1.807, 2.05) is 0 Å². The molecule has 0 aliphatic carbocycles. The van der Waals surface area contributed by atoms with Crippen LogP contribution >= 0.6 is 15.9 Å². The molecule has 1 aliphatic heterocycles. The summed E-state index contributed by atoms with van der Waals surface area (Å²) in [7, 11) is -3.74. The molecule has 4 nitrogen and oxygen atoms in total. The van der Waals surface area contributed by atoms with Gasteiger partial charge in [-0.05, 0) is 36.4 Å². The summed E-state index contributed by atoms with van der Waals surface area (Å²) >= 11 is 3.22. The molecule has 0 bridgehead atoms. The highest BCUT2D eigenvalue weighted by Gasteiger charge is 2.37. The first-order valence-electron chi connectivity index (χ1n) is 7.96. The van der Waals surface area contributed by atoms with E-state index in [1.165, 1.54) is 21.3 Å². The molecule has 1 aliphatic rings. The van der Waals surface area contributed by atoms with Crippen molar-refractivity contribution in [3.8, 4) is 0 Å². The summed E-state index contributed by atoms with van der Waals surface area (Å²) in [4.78, 5) is 1.54. The maximum absolute atomic E-state index is 13.3. The molecular weight excluding hydrogens is 452 g/mol. The van der Waals surface area contributed by atoms with E-state index in [0.717, 1.165) is 12.1 Å². The number of rotatable bonds is 3. The van der Waals surface area contributed by atoms with E-state index in [1.54, 1.807) is 12.1 Å².